The Morgan fingerprint density at radius 1 is 1.15 bits per heavy atom. The summed E-state index contributed by atoms with van der Waals surface area (Å²) in [6.45, 7) is 0. The van der Waals surface area contributed by atoms with E-state index in [0.29, 0.717) is 11.4 Å². The van der Waals surface area contributed by atoms with Crippen LogP contribution in [0.4, 0.5) is 8.78 Å². The zero-order valence-corrected chi connectivity index (χ0v) is 13.1. The van der Waals surface area contributed by atoms with Crippen LogP contribution in [0.2, 0.25) is 5.02 Å². The lowest BCUT2D eigenvalue weighted by Gasteiger charge is -2.18. The van der Waals surface area contributed by atoms with Gasteiger partial charge in [0.25, 0.3) is 0 Å². The highest BCUT2D eigenvalue weighted by Gasteiger charge is 2.14. The SMILES string of the molecule is CNC(Cc1ccc(F)c(F)c1)c1ccc(Cl)cc1Br. The van der Waals surface area contributed by atoms with Crippen molar-refractivity contribution >= 4 is 27.5 Å². The third-order valence-electron chi connectivity index (χ3n) is 3.11. The molecule has 0 aromatic heterocycles. The summed E-state index contributed by atoms with van der Waals surface area (Å²) in [6.07, 6.45) is 0.550. The minimum Gasteiger partial charge on any atom is -0.313 e. The van der Waals surface area contributed by atoms with Crippen molar-refractivity contribution in [3.63, 3.8) is 0 Å². The zero-order valence-electron chi connectivity index (χ0n) is 10.8. The van der Waals surface area contributed by atoms with E-state index in [-0.39, 0.29) is 6.04 Å². The summed E-state index contributed by atoms with van der Waals surface area (Å²) in [7, 11) is 1.82. The second-order valence-corrected chi connectivity index (χ2v) is 5.75. The first-order valence-electron chi connectivity index (χ1n) is 6.07. The van der Waals surface area contributed by atoms with Crippen molar-refractivity contribution in [3.8, 4) is 0 Å². The molecule has 0 aliphatic carbocycles. The minimum absolute atomic E-state index is 0.0218. The van der Waals surface area contributed by atoms with Crippen LogP contribution in [0.3, 0.4) is 0 Å². The summed E-state index contributed by atoms with van der Waals surface area (Å²) >= 11 is 9.39. The number of hydrogen-bond donors (Lipinski definition) is 1. The molecule has 0 saturated heterocycles. The standard InChI is InChI=1S/C15H13BrClF2N/c1-20-15(11-4-3-10(17)8-12(11)16)7-9-2-5-13(18)14(19)6-9/h2-6,8,15,20H,7H2,1H3. The predicted molar refractivity (Wildman–Crippen MR) is 81.0 cm³/mol. The summed E-state index contributed by atoms with van der Waals surface area (Å²) in [5.74, 6) is -1.66. The maximum Gasteiger partial charge on any atom is 0.159 e. The number of benzene rings is 2. The summed E-state index contributed by atoms with van der Waals surface area (Å²) in [6, 6.07) is 9.47. The molecule has 1 atom stereocenters. The summed E-state index contributed by atoms with van der Waals surface area (Å²) in [4.78, 5) is 0. The van der Waals surface area contributed by atoms with Crippen molar-refractivity contribution in [2.24, 2.45) is 0 Å². The smallest absolute Gasteiger partial charge is 0.159 e. The predicted octanol–water partition coefficient (Wildman–Crippen LogP) is 4.88. The lowest BCUT2D eigenvalue weighted by Crippen LogP contribution is -2.19. The topological polar surface area (TPSA) is 12.0 Å². The van der Waals surface area contributed by atoms with Crippen LogP contribution in [-0.4, -0.2) is 7.05 Å². The summed E-state index contributed by atoms with van der Waals surface area (Å²) in [5.41, 5.74) is 1.74. The first-order chi connectivity index (χ1) is 9.51. The number of hydrogen-bond acceptors (Lipinski definition) is 1. The van der Waals surface area contributed by atoms with Crippen LogP contribution >= 0.6 is 27.5 Å². The van der Waals surface area contributed by atoms with Crippen LogP contribution in [0.5, 0.6) is 0 Å². The van der Waals surface area contributed by atoms with Crippen molar-refractivity contribution in [1.29, 1.82) is 0 Å². The Kier molecular flexibility index (Phi) is 5.13. The third kappa shape index (κ3) is 3.57. The Morgan fingerprint density at radius 2 is 1.90 bits per heavy atom. The fourth-order valence-corrected chi connectivity index (χ4v) is 3.01. The molecule has 2 aromatic rings. The van der Waals surface area contributed by atoms with Gasteiger partial charge in [-0.3, -0.25) is 0 Å². The minimum atomic E-state index is -0.831. The molecule has 1 unspecified atom stereocenters. The van der Waals surface area contributed by atoms with Crippen molar-refractivity contribution < 1.29 is 8.78 Å². The highest BCUT2D eigenvalue weighted by molar-refractivity contribution is 9.10. The van der Waals surface area contributed by atoms with Crippen LogP contribution in [0.15, 0.2) is 40.9 Å². The molecular formula is C15H13BrClF2N. The molecule has 106 valence electrons. The van der Waals surface area contributed by atoms with E-state index in [1.807, 2.05) is 19.2 Å². The largest absolute Gasteiger partial charge is 0.313 e. The number of likely N-dealkylation sites (N-methyl/N-ethyl adjacent to an activating group) is 1. The van der Waals surface area contributed by atoms with E-state index < -0.39 is 11.6 Å². The van der Waals surface area contributed by atoms with Gasteiger partial charge in [-0.1, -0.05) is 39.7 Å². The van der Waals surface area contributed by atoms with Crippen LogP contribution in [0.1, 0.15) is 17.2 Å². The summed E-state index contributed by atoms with van der Waals surface area (Å²) < 4.78 is 27.1. The molecule has 2 aromatic carbocycles. The highest BCUT2D eigenvalue weighted by atomic mass is 79.9. The van der Waals surface area contributed by atoms with Gasteiger partial charge in [0.1, 0.15) is 0 Å². The molecule has 0 radical (unpaired) electrons. The van der Waals surface area contributed by atoms with Crippen LogP contribution < -0.4 is 5.32 Å². The van der Waals surface area contributed by atoms with E-state index in [1.54, 1.807) is 12.1 Å². The maximum absolute atomic E-state index is 13.2. The van der Waals surface area contributed by atoms with Gasteiger partial charge in [0.2, 0.25) is 0 Å². The van der Waals surface area contributed by atoms with E-state index in [4.69, 9.17) is 11.6 Å². The average molecular weight is 361 g/mol. The van der Waals surface area contributed by atoms with E-state index in [0.717, 1.165) is 21.7 Å². The quantitative estimate of drug-likeness (QED) is 0.819. The van der Waals surface area contributed by atoms with Gasteiger partial charge < -0.3 is 5.32 Å². The van der Waals surface area contributed by atoms with Gasteiger partial charge in [-0.2, -0.15) is 0 Å². The molecule has 0 aliphatic heterocycles. The second kappa shape index (κ2) is 6.66. The van der Waals surface area contributed by atoms with Crippen LogP contribution in [-0.2, 0) is 6.42 Å². The third-order valence-corrected chi connectivity index (χ3v) is 4.03. The van der Waals surface area contributed by atoms with E-state index >= 15 is 0 Å². The molecule has 0 saturated carbocycles. The van der Waals surface area contributed by atoms with Gasteiger partial charge in [0.05, 0.1) is 0 Å². The Labute approximate surface area is 130 Å². The van der Waals surface area contributed by atoms with Crippen LogP contribution in [0.25, 0.3) is 0 Å². The van der Waals surface area contributed by atoms with Crippen molar-refractivity contribution in [3.05, 3.63) is 68.7 Å². The molecule has 2 rings (SSSR count). The number of halogens is 4. The van der Waals surface area contributed by atoms with Crippen molar-refractivity contribution in [2.45, 2.75) is 12.5 Å². The molecule has 5 heteroatoms. The first kappa shape index (κ1) is 15.4. The molecule has 0 amide bonds. The Balaban J connectivity index is 2.26. The average Bonchev–Trinajstić information content (AvgIpc) is 2.41. The molecule has 0 aliphatic rings. The lowest BCUT2D eigenvalue weighted by atomic mass is 9.99. The summed E-state index contributed by atoms with van der Waals surface area (Å²) in [5, 5.41) is 3.81. The van der Waals surface area contributed by atoms with Crippen molar-refractivity contribution in [1.82, 2.24) is 5.32 Å². The molecule has 1 nitrogen and oxygen atoms in total. The number of nitrogens with one attached hydrogen (secondary N) is 1. The zero-order chi connectivity index (χ0) is 14.7. The van der Waals surface area contributed by atoms with E-state index in [1.165, 1.54) is 6.07 Å². The molecular weight excluding hydrogens is 348 g/mol. The molecule has 0 spiro atoms. The van der Waals surface area contributed by atoms with Gasteiger partial charge in [0.15, 0.2) is 11.6 Å². The van der Waals surface area contributed by atoms with Crippen molar-refractivity contribution in [2.75, 3.05) is 7.05 Å². The monoisotopic (exact) mass is 359 g/mol. The molecule has 0 fully saturated rings. The lowest BCUT2D eigenvalue weighted by molar-refractivity contribution is 0.504. The first-order valence-corrected chi connectivity index (χ1v) is 7.24. The molecule has 0 bridgehead atoms. The molecule has 20 heavy (non-hydrogen) atoms. The number of rotatable bonds is 4. The van der Waals surface area contributed by atoms with E-state index in [9.17, 15) is 8.78 Å². The van der Waals surface area contributed by atoms with Crippen LogP contribution in [0, 0.1) is 11.6 Å². The fourth-order valence-electron chi connectivity index (χ4n) is 2.05. The van der Waals surface area contributed by atoms with Gasteiger partial charge in [-0.25, -0.2) is 8.78 Å². The normalized spacial score (nSPS) is 12.4. The Morgan fingerprint density at radius 3 is 2.50 bits per heavy atom. The van der Waals surface area contributed by atoms with Gasteiger partial charge in [0, 0.05) is 15.5 Å². The van der Waals surface area contributed by atoms with E-state index in [2.05, 4.69) is 21.2 Å². The fraction of sp³-hybridized carbons (Fsp3) is 0.200. The Bertz CT molecular complexity index is 619. The Hall–Kier alpha value is -0.970. The van der Waals surface area contributed by atoms with Gasteiger partial charge >= 0.3 is 0 Å². The van der Waals surface area contributed by atoms with Gasteiger partial charge in [-0.05, 0) is 48.9 Å². The highest BCUT2D eigenvalue weighted by Crippen LogP contribution is 2.28. The van der Waals surface area contributed by atoms with Gasteiger partial charge in [-0.15, -0.1) is 0 Å². The molecule has 0 heterocycles. The second-order valence-electron chi connectivity index (χ2n) is 4.46. The molecule has 1 N–H and O–H groups in total. The maximum atomic E-state index is 13.2.